The van der Waals surface area contributed by atoms with E-state index >= 15 is 0 Å². The van der Waals surface area contributed by atoms with E-state index in [0.29, 0.717) is 63.9 Å². The Labute approximate surface area is 192 Å². The molecule has 2 heterocycles. The lowest BCUT2D eigenvalue weighted by molar-refractivity contribution is -0.198. The maximum Gasteiger partial charge on any atom is 0.347 e. The Morgan fingerprint density at radius 1 is 0.848 bits per heavy atom. The molecule has 0 bridgehead atoms. The van der Waals surface area contributed by atoms with Crippen LogP contribution < -0.4 is 0 Å². The molecule has 2 aliphatic rings. The number of imide groups is 1. The zero-order chi connectivity index (χ0) is 24.2. The van der Waals surface area contributed by atoms with Gasteiger partial charge in [-0.3, -0.25) is 33.9 Å². The lowest BCUT2D eigenvalue weighted by atomic mass is 10.3. The summed E-state index contributed by atoms with van der Waals surface area (Å²) in [6, 6.07) is 0. The third-order valence-corrected chi connectivity index (χ3v) is 5.61. The largest absolute Gasteiger partial charge is 0.480 e. The van der Waals surface area contributed by atoms with Gasteiger partial charge in [0.25, 0.3) is 18.3 Å². The first-order valence-corrected chi connectivity index (χ1v) is 11.1. The minimum absolute atomic E-state index is 0.0336. The molecule has 1 N–H and O–H groups in total. The maximum absolute atomic E-state index is 12.4. The van der Waals surface area contributed by atoms with Crippen molar-refractivity contribution in [2.45, 2.75) is 19.8 Å². The Morgan fingerprint density at radius 3 is 1.82 bits per heavy atom. The van der Waals surface area contributed by atoms with Crippen LogP contribution in [0.5, 0.6) is 0 Å². The number of likely N-dealkylation sites (N-methyl/N-ethyl adjacent to an activating group) is 1. The predicted molar refractivity (Wildman–Crippen MR) is 113 cm³/mol. The van der Waals surface area contributed by atoms with E-state index < -0.39 is 23.8 Å². The molecule has 0 aromatic carbocycles. The number of aliphatic carboxylic acids is 1. The number of amides is 2. The second-order valence-corrected chi connectivity index (χ2v) is 7.94. The summed E-state index contributed by atoms with van der Waals surface area (Å²) < 4.78 is 4.89. The molecule has 13 nitrogen and oxygen atoms in total. The highest BCUT2D eigenvalue weighted by Crippen LogP contribution is 2.12. The van der Waals surface area contributed by atoms with E-state index in [2.05, 4.69) is 4.90 Å². The molecule has 0 spiro atoms. The summed E-state index contributed by atoms with van der Waals surface area (Å²) >= 11 is 0. The number of hydroxylamine groups is 2. The number of rotatable bonds is 9. The van der Waals surface area contributed by atoms with Gasteiger partial charge >= 0.3 is 11.9 Å². The van der Waals surface area contributed by atoms with Crippen LogP contribution in [0.2, 0.25) is 0 Å². The number of hydrogen-bond acceptors (Lipinski definition) is 11. The Kier molecular flexibility index (Phi) is 11.2. The molecule has 2 fully saturated rings. The molecule has 2 amide bonds. The number of carbonyl (C=O) groups is 5. The van der Waals surface area contributed by atoms with Gasteiger partial charge in [-0.25, -0.2) is 4.79 Å². The molecule has 0 saturated carbocycles. The highest BCUT2D eigenvalue weighted by atomic mass is 16.7. The number of carboxylic acids is 1. The minimum atomic E-state index is -0.902. The lowest BCUT2D eigenvalue weighted by Gasteiger charge is -2.33. The lowest BCUT2D eigenvalue weighted by Crippen LogP contribution is -2.48. The topological polar surface area (TPSA) is 140 Å². The standard InChI is InChI=1S/C20H33N5O8/c1-2-21-5-7-22(13-19(29)30)9-11-24(15-32-16-26)12-10-23(8-6-21)14-20(31)33-25-17(27)3-4-18(25)28/h16H,2-15H2,1H3,(H,29,30). The van der Waals surface area contributed by atoms with Crippen molar-refractivity contribution in [3.8, 4) is 0 Å². The van der Waals surface area contributed by atoms with Crippen LogP contribution in [-0.2, 0) is 33.5 Å². The van der Waals surface area contributed by atoms with E-state index in [9.17, 15) is 29.1 Å². The summed E-state index contributed by atoms with van der Waals surface area (Å²) in [7, 11) is 0. The van der Waals surface area contributed by atoms with Crippen LogP contribution in [0, 0.1) is 0 Å². The van der Waals surface area contributed by atoms with Crippen LogP contribution >= 0.6 is 0 Å². The second kappa shape index (κ2) is 13.8. The smallest absolute Gasteiger partial charge is 0.347 e. The molecule has 0 atom stereocenters. The molecule has 0 radical (unpaired) electrons. The van der Waals surface area contributed by atoms with E-state index in [0.717, 1.165) is 6.54 Å². The van der Waals surface area contributed by atoms with Gasteiger partial charge in [-0.1, -0.05) is 6.92 Å². The van der Waals surface area contributed by atoms with Crippen LogP contribution in [0.1, 0.15) is 19.8 Å². The van der Waals surface area contributed by atoms with Crippen molar-refractivity contribution in [2.24, 2.45) is 0 Å². The van der Waals surface area contributed by atoms with Crippen molar-refractivity contribution >= 4 is 30.2 Å². The zero-order valence-electron chi connectivity index (χ0n) is 19.0. The normalized spacial score (nSPS) is 20.8. The van der Waals surface area contributed by atoms with Crippen molar-refractivity contribution in [3.63, 3.8) is 0 Å². The third kappa shape index (κ3) is 9.42. The van der Waals surface area contributed by atoms with Gasteiger partial charge in [0.1, 0.15) is 6.73 Å². The number of carbonyl (C=O) groups excluding carboxylic acids is 4. The minimum Gasteiger partial charge on any atom is -0.480 e. The summed E-state index contributed by atoms with van der Waals surface area (Å²) in [4.78, 5) is 70.4. The number of nitrogens with zero attached hydrogens (tertiary/aromatic N) is 5. The average Bonchev–Trinajstić information content (AvgIpc) is 3.08. The maximum atomic E-state index is 12.4. The van der Waals surface area contributed by atoms with Gasteiger partial charge in [-0.2, -0.15) is 0 Å². The Morgan fingerprint density at radius 2 is 1.33 bits per heavy atom. The van der Waals surface area contributed by atoms with E-state index in [1.165, 1.54) is 0 Å². The van der Waals surface area contributed by atoms with Crippen molar-refractivity contribution in [1.29, 1.82) is 0 Å². The summed E-state index contributed by atoms with van der Waals surface area (Å²) in [6.45, 7) is 7.19. The Bertz CT molecular complexity index is 690. The fourth-order valence-electron chi connectivity index (χ4n) is 3.64. The third-order valence-electron chi connectivity index (χ3n) is 5.61. The second-order valence-electron chi connectivity index (χ2n) is 7.94. The fourth-order valence-corrected chi connectivity index (χ4v) is 3.64. The van der Waals surface area contributed by atoms with E-state index in [1.807, 2.05) is 21.6 Å². The molecule has 13 heteroatoms. The first kappa shape index (κ1) is 26.6. The fraction of sp³-hybridized carbons (Fsp3) is 0.750. The van der Waals surface area contributed by atoms with Gasteiger partial charge in [0.2, 0.25) is 0 Å². The van der Waals surface area contributed by atoms with Crippen LogP contribution in [0.3, 0.4) is 0 Å². The Hall–Kier alpha value is -2.61. The van der Waals surface area contributed by atoms with E-state index in [4.69, 9.17) is 9.57 Å². The quantitative estimate of drug-likeness (QED) is 0.295. The van der Waals surface area contributed by atoms with Gasteiger partial charge in [0.05, 0.1) is 13.1 Å². The molecule has 2 aliphatic heterocycles. The van der Waals surface area contributed by atoms with Crippen molar-refractivity contribution in [2.75, 3.05) is 78.7 Å². The number of carboxylic acid groups (broad SMARTS) is 1. The van der Waals surface area contributed by atoms with Crippen LogP contribution in [0.15, 0.2) is 0 Å². The molecule has 0 aromatic heterocycles. The molecule has 0 unspecified atom stereocenters. The summed E-state index contributed by atoms with van der Waals surface area (Å²) in [6.07, 6.45) is 0.0672. The monoisotopic (exact) mass is 471 g/mol. The van der Waals surface area contributed by atoms with Crippen LogP contribution in [-0.4, -0.2) is 139 Å². The number of ether oxygens (including phenoxy) is 1. The first-order valence-electron chi connectivity index (χ1n) is 11.1. The molecule has 0 aromatic rings. The molecular formula is C20H33N5O8. The van der Waals surface area contributed by atoms with Crippen molar-refractivity contribution in [1.82, 2.24) is 24.7 Å². The summed E-state index contributed by atoms with van der Waals surface area (Å²) in [5.41, 5.74) is 0. The van der Waals surface area contributed by atoms with Crippen LogP contribution in [0.4, 0.5) is 0 Å². The van der Waals surface area contributed by atoms with Crippen molar-refractivity contribution in [3.05, 3.63) is 0 Å². The van der Waals surface area contributed by atoms with Gasteiger partial charge < -0.3 is 19.6 Å². The molecular weight excluding hydrogens is 438 g/mol. The summed E-state index contributed by atoms with van der Waals surface area (Å²) in [5, 5.41) is 9.74. The molecule has 0 aliphatic carbocycles. The van der Waals surface area contributed by atoms with Gasteiger partial charge in [0, 0.05) is 65.2 Å². The number of hydrogen-bond donors (Lipinski definition) is 1. The molecule has 186 valence electrons. The van der Waals surface area contributed by atoms with E-state index in [-0.39, 0.29) is 32.7 Å². The van der Waals surface area contributed by atoms with Gasteiger partial charge in [-0.15, -0.1) is 5.06 Å². The van der Waals surface area contributed by atoms with Gasteiger partial charge in [-0.05, 0) is 6.54 Å². The molecule has 2 rings (SSSR count). The highest BCUT2D eigenvalue weighted by Gasteiger charge is 2.33. The molecule has 33 heavy (non-hydrogen) atoms. The van der Waals surface area contributed by atoms with Crippen LogP contribution in [0.25, 0.3) is 0 Å². The van der Waals surface area contributed by atoms with E-state index in [1.54, 1.807) is 0 Å². The SMILES string of the molecule is CCN1CCN(CC(=O)O)CCN(COC=O)CCN(CC(=O)ON2C(=O)CCC2=O)CC1. The Balaban J connectivity index is 2.03. The average molecular weight is 472 g/mol. The molecule has 2 saturated heterocycles. The first-order chi connectivity index (χ1) is 15.8. The van der Waals surface area contributed by atoms with Crippen molar-refractivity contribution < 1.29 is 38.7 Å². The summed E-state index contributed by atoms with van der Waals surface area (Å²) in [5.74, 6) is -2.65. The van der Waals surface area contributed by atoms with Gasteiger partial charge in [0.15, 0.2) is 0 Å². The predicted octanol–water partition coefficient (Wildman–Crippen LogP) is -1.95. The highest BCUT2D eigenvalue weighted by molar-refractivity contribution is 6.01. The zero-order valence-corrected chi connectivity index (χ0v) is 19.0.